The topological polar surface area (TPSA) is 54.6 Å². The minimum atomic E-state index is -0.117. The number of fused-ring (bicyclic) bond motifs is 1. The number of benzene rings is 1. The number of carbonyl (C=O) groups is 1. The van der Waals surface area contributed by atoms with E-state index in [0.717, 1.165) is 11.4 Å². The monoisotopic (exact) mass is 226 g/mol. The first kappa shape index (κ1) is 9.84. The molecule has 1 aliphatic heterocycles. The molecule has 0 aliphatic carbocycles. The molecule has 0 radical (unpaired) electrons. The molecule has 17 heavy (non-hydrogen) atoms. The van der Waals surface area contributed by atoms with Crippen LogP contribution in [0.5, 0.6) is 0 Å². The molecule has 1 aromatic heterocycles. The molecule has 0 spiro atoms. The van der Waals surface area contributed by atoms with Crippen molar-refractivity contribution >= 4 is 23.4 Å². The van der Waals surface area contributed by atoms with Crippen LogP contribution in [0.4, 0.5) is 11.4 Å². The summed E-state index contributed by atoms with van der Waals surface area (Å²) in [4.78, 5) is 16.3. The van der Waals surface area contributed by atoms with Gasteiger partial charge in [-0.3, -0.25) is 9.79 Å². The molecule has 84 valence electrons. The molecule has 0 unspecified atom stereocenters. The fraction of sp³-hybridized carbons (Fsp3) is 0.0769. The highest BCUT2D eigenvalue weighted by atomic mass is 16.3. The molecule has 0 saturated heterocycles. The van der Waals surface area contributed by atoms with Gasteiger partial charge in [-0.1, -0.05) is 0 Å². The Balaban J connectivity index is 1.99. The number of hydrogen-bond donors (Lipinski definition) is 1. The highest BCUT2D eigenvalue weighted by Crippen LogP contribution is 2.28. The SMILES string of the molecule is O=C(c1ccc2c(c1)NCC=N2)c1ccco1. The lowest BCUT2D eigenvalue weighted by atomic mass is 10.1. The number of nitrogens with one attached hydrogen (secondary N) is 1. The fourth-order valence-electron chi connectivity index (χ4n) is 1.78. The number of anilines is 1. The van der Waals surface area contributed by atoms with Crippen LogP contribution in [0, 0.1) is 0 Å². The van der Waals surface area contributed by atoms with Crippen molar-refractivity contribution in [2.75, 3.05) is 11.9 Å². The summed E-state index contributed by atoms with van der Waals surface area (Å²) in [6.45, 7) is 0.686. The number of nitrogens with zero attached hydrogens (tertiary/aromatic N) is 1. The molecule has 2 aromatic rings. The number of ketones is 1. The van der Waals surface area contributed by atoms with Crippen molar-refractivity contribution in [3.63, 3.8) is 0 Å². The number of rotatable bonds is 2. The number of hydrogen-bond acceptors (Lipinski definition) is 4. The van der Waals surface area contributed by atoms with Gasteiger partial charge in [-0.15, -0.1) is 0 Å². The van der Waals surface area contributed by atoms with Gasteiger partial charge in [0.15, 0.2) is 5.76 Å². The van der Waals surface area contributed by atoms with Crippen LogP contribution in [0.15, 0.2) is 46.0 Å². The summed E-state index contributed by atoms with van der Waals surface area (Å²) in [5, 5.41) is 3.17. The van der Waals surface area contributed by atoms with Gasteiger partial charge in [0.1, 0.15) is 0 Å². The van der Waals surface area contributed by atoms with E-state index in [1.807, 2.05) is 6.07 Å². The largest absolute Gasteiger partial charge is 0.461 e. The molecular formula is C13H10N2O2. The second-order valence-electron chi connectivity index (χ2n) is 3.73. The van der Waals surface area contributed by atoms with Gasteiger partial charge in [0.25, 0.3) is 0 Å². The Morgan fingerprint density at radius 3 is 3.12 bits per heavy atom. The number of furan rings is 1. The van der Waals surface area contributed by atoms with Gasteiger partial charge >= 0.3 is 0 Å². The lowest BCUT2D eigenvalue weighted by Crippen LogP contribution is -2.08. The fourth-order valence-corrected chi connectivity index (χ4v) is 1.78. The Hall–Kier alpha value is -2.36. The molecule has 0 saturated carbocycles. The maximum atomic E-state index is 12.0. The normalized spacial score (nSPS) is 12.9. The third-order valence-corrected chi connectivity index (χ3v) is 2.62. The quantitative estimate of drug-likeness (QED) is 0.801. The lowest BCUT2D eigenvalue weighted by molar-refractivity contribution is 0.101. The zero-order chi connectivity index (χ0) is 11.7. The van der Waals surface area contributed by atoms with Gasteiger partial charge in [0, 0.05) is 11.8 Å². The lowest BCUT2D eigenvalue weighted by Gasteiger charge is -2.12. The average Bonchev–Trinajstić information content (AvgIpc) is 2.91. The second-order valence-corrected chi connectivity index (χ2v) is 3.73. The van der Waals surface area contributed by atoms with Gasteiger partial charge in [-0.2, -0.15) is 0 Å². The molecule has 1 N–H and O–H groups in total. The third-order valence-electron chi connectivity index (χ3n) is 2.62. The maximum absolute atomic E-state index is 12.0. The average molecular weight is 226 g/mol. The number of aliphatic imine (C=N–C) groups is 1. The van der Waals surface area contributed by atoms with Crippen LogP contribution >= 0.6 is 0 Å². The highest BCUT2D eigenvalue weighted by molar-refractivity contribution is 6.08. The van der Waals surface area contributed by atoms with E-state index in [4.69, 9.17) is 4.42 Å². The summed E-state index contributed by atoms with van der Waals surface area (Å²) in [5.74, 6) is 0.235. The van der Waals surface area contributed by atoms with Crippen molar-refractivity contribution in [1.82, 2.24) is 0 Å². The Morgan fingerprint density at radius 1 is 1.35 bits per heavy atom. The predicted molar refractivity (Wildman–Crippen MR) is 65.2 cm³/mol. The van der Waals surface area contributed by atoms with Gasteiger partial charge in [-0.25, -0.2) is 0 Å². The minimum absolute atomic E-state index is 0.117. The standard InChI is InChI=1S/C13H10N2O2/c16-13(12-2-1-7-17-12)9-3-4-10-11(8-9)15-6-5-14-10/h1-5,7-8,15H,6H2. The molecule has 4 heteroatoms. The molecule has 1 aliphatic rings. The molecule has 0 amide bonds. The minimum Gasteiger partial charge on any atom is -0.461 e. The molecule has 3 rings (SSSR count). The molecule has 1 aromatic carbocycles. The van der Waals surface area contributed by atoms with Crippen LogP contribution in [-0.2, 0) is 0 Å². The van der Waals surface area contributed by atoms with Crippen molar-refractivity contribution in [3.8, 4) is 0 Å². The Kier molecular flexibility index (Phi) is 2.26. The van der Waals surface area contributed by atoms with Gasteiger partial charge < -0.3 is 9.73 Å². The summed E-state index contributed by atoms with van der Waals surface area (Å²) in [7, 11) is 0. The van der Waals surface area contributed by atoms with E-state index in [-0.39, 0.29) is 5.78 Å². The van der Waals surface area contributed by atoms with Crippen molar-refractivity contribution in [1.29, 1.82) is 0 Å². The molecule has 0 fully saturated rings. The summed E-state index contributed by atoms with van der Waals surface area (Å²) in [6, 6.07) is 8.75. The Bertz CT molecular complexity index is 585. The van der Waals surface area contributed by atoms with Crippen molar-refractivity contribution in [2.24, 2.45) is 4.99 Å². The smallest absolute Gasteiger partial charge is 0.228 e. The van der Waals surface area contributed by atoms with E-state index in [2.05, 4.69) is 10.3 Å². The van der Waals surface area contributed by atoms with E-state index < -0.39 is 0 Å². The van der Waals surface area contributed by atoms with E-state index in [1.54, 1.807) is 30.5 Å². The van der Waals surface area contributed by atoms with E-state index in [0.29, 0.717) is 17.9 Å². The summed E-state index contributed by atoms with van der Waals surface area (Å²) in [5.41, 5.74) is 2.33. The van der Waals surface area contributed by atoms with Gasteiger partial charge in [0.05, 0.1) is 24.2 Å². The summed E-state index contributed by atoms with van der Waals surface area (Å²) >= 11 is 0. The van der Waals surface area contributed by atoms with Crippen LogP contribution in [0.2, 0.25) is 0 Å². The Labute approximate surface area is 98.0 Å². The second kappa shape index (κ2) is 3.90. The molecule has 0 bridgehead atoms. The van der Waals surface area contributed by atoms with Crippen LogP contribution in [0.1, 0.15) is 16.1 Å². The molecule has 4 nitrogen and oxygen atoms in total. The first-order valence-corrected chi connectivity index (χ1v) is 5.33. The Morgan fingerprint density at radius 2 is 2.29 bits per heavy atom. The highest BCUT2D eigenvalue weighted by Gasteiger charge is 2.14. The summed E-state index contributed by atoms with van der Waals surface area (Å²) in [6.07, 6.45) is 3.30. The van der Waals surface area contributed by atoms with Crippen LogP contribution < -0.4 is 5.32 Å². The molecular weight excluding hydrogens is 216 g/mol. The van der Waals surface area contributed by atoms with Crippen molar-refractivity contribution < 1.29 is 9.21 Å². The van der Waals surface area contributed by atoms with E-state index in [9.17, 15) is 4.79 Å². The van der Waals surface area contributed by atoms with Crippen molar-refractivity contribution in [2.45, 2.75) is 0 Å². The van der Waals surface area contributed by atoms with Crippen molar-refractivity contribution in [3.05, 3.63) is 47.9 Å². The predicted octanol–water partition coefficient (Wildman–Crippen LogP) is 2.64. The van der Waals surface area contributed by atoms with Crippen LogP contribution in [-0.4, -0.2) is 18.5 Å². The zero-order valence-corrected chi connectivity index (χ0v) is 9.01. The van der Waals surface area contributed by atoms with Gasteiger partial charge in [-0.05, 0) is 30.3 Å². The molecule has 2 heterocycles. The number of carbonyl (C=O) groups excluding carboxylic acids is 1. The van der Waals surface area contributed by atoms with Gasteiger partial charge in [0.2, 0.25) is 5.78 Å². The van der Waals surface area contributed by atoms with E-state index >= 15 is 0 Å². The molecule has 0 atom stereocenters. The summed E-state index contributed by atoms with van der Waals surface area (Å²) < 4.78 is 5.09. The van der Waals surface area contributed by atoms with Crippen LogP contribution in [0.25, 0.3) is 0 Å². The van der Waals surface area contributed by atoms with E-state index in [1.165, 1.54) is 6.26 Å². The zero-order valence-electron chi connectivity index (χ0n) is 9.01. The first-order chi connectivity index (χ1) is 8.34. The van der Waals surface area contributed by atoms with Crippen LogP contribution in [0.3, 0.4) is 0 Å². The maximum Gasteiger partial charge on any atom is 0.228 e. The third kappa shape index (κ3) is 1.73. The first-order valence-electron chi connectivity index (χ1n) is 5.33.